The van der Waals surface area contributed by atoms with Crippen molar-refractivity contribution in [2.45, 2.75) is 58.8 Å². The number of hydrogen-bond acceptors (Lipinski definition) is 6. The molecule has 0 aliphatic heterocycles. The van der Waals surface area contributed by atoms with E-state index in [0.29, 0.717) is 25.0 Å². The molecule has 1 aliphatic rings. The lowest BCUT2D eigenvalue weighted by Crippen LogP contribution is -2.37. The summed E-state index contributed by atoms with van der Waals surface area (Å²) in [6.45, 7) is 8.79. The zero-order valence-corrected chi connectivity index (χ0v) is 13.4. The van der Waals surface area contributed by atoms with Crippen LogP contribution in [-0.4, -0.2) is 29.3 Å². The molecule has 1 N–H and O–H groups in total. The molecule has 0 aromatic carbocycles. The molecule has 0 bridgehead atoms. The molecular formula is C15H25N3O3. The number of hydrogen-bond donors (Lipinski definition) is 1. The van der Waals surface area contributed by atoms with Gasteiger partial charge in [-0.2, -0.15) is 4.98 Å². The van der Waals surface area contributed by atoms with E-state index in [9.17, 15) is 4.79 Å². The van der Waals surface area contributed by atoms with Crippen LogP contribution in [0.3, 0.4) is 0 Å². The van der Waals surface area contributed by atoms with Crippen molar-refractivity contribution in [2.24, 2.45) is 5.41 Å². The van der Waals surface area contributed by atoms with Crippen molar-refractivity contribution >= 4 is 11.9 Å². The largest absolute Gasteiger partial charge is 0.466 e. The maximum Gasteiger partial charge on any atom is 0.313 e. The Balaban J connectivity index is 2.02. The minimum absolute atomic E-state index is 0.116. The maximum atomic E-state index is 12.2. The molecule has 1 aromatic rings. The van der Waals surface area contributed by atoms with E-state index in [1.54, 1.807) is 0 Å². The van der Waals surface area contributed by atoms with Crippen molar-refractivity contribution in [3.8, 4) is 0 Å². The normalized spacial score (nSPS) is 17.7. The lowest BCUT2D eigenvalue weighted by atomic mass is 9.86. The highest BCUT2D eigenvalue weighted by molar-refractivity contribution is 5.78. The Morgan fingerprint density at radius 1 is 1.38 bits per heavy atom. The molecule has 0 atom stereocenters. The first-order chi connectivity index (χ1) is 9.87. The third-order valence-electron chi connectivity index (χ3n) is 3.92. The number of nitrogens with one attached hydrogen (secondary N) is 1. The van der Waals surface area contributed by atoms with Crippen LogP contribution < -0.4 is 5.32 Å². The number of esters is 1. The first-order valence-electron chi connectivity index (χ1n) is 7.63. The molecule has 2 rings (SSSR count). The lowest BCUT2D eigenvalue weighted by Gasteiger charge is -2.26. The zero-order chi connectivity index (χ0) is 15.5. The second-order valence-electron chi connectivity index (χ2n) is 6.73. The summed E-state index contributed by atoms with van der Waals surface area (Å²) < 4.78 is 10.5. The number of rotatable bonds is 5. The Morgan fingerprint density at radius 3 is 2.57 bits per heavy atom. The Kier molecular flexibility index (Phi) is 4.54. The van der Waals surface area contributed by atoms with E-state index < -0.39 is 5.41 Å². The van der Waals surface area contributed by atoms with Gasteiger partial charge in [0.15, 0.2) is 0 Å². The number of aromatic nitrogens is 2. The van der Waals surface area contributed by atoms with Gasteiger partial charge >= 0.3 is 5.97 Å². The number of ether oxygens (including phenoxy) is 1. The molecule has 0 saturated heterocycles. The third kappa shape index (κ3) is 3.54. The van der Waals surface area contributed by atoms with Gasteiger partial charge in [0.25, 0.3) is 5.95 Å². The van der Waals surface area contributed by atoms with Crippen LogP contribution in [0.4, 0.5) is 5.95 Å². The highest BCUT2D eigenvalue weighted by atomic mass is 16.5. The fourth-order valence-corrected chi connectivity index (χ4v) is 2.64. The first-order valence-corrected chi connectivity index (χ1v) is 7.63. The molecule has 21 heavy (non-hydrogen) atoms. The van der Waals surface area contributed by atoms with Crippen molar-refractivity contribution in [3.63, 3.8) is 0 Å². The average Bonchev–Trinajstić information content (AvgIpc) is 3.06. The van der Waals surface area contributed by atoms with E-state index >= 15 is 0 Å². The van der Waals surface area contributed by atoms with Crippen molar-refractivity contribution < 1.29 is 14.1 Å². The molecule has 1 saturated carbocycles. The van der Waals surface area contributed by atoms with E-state index in [2.05, 4.69) is 15.5 Å². The molecule has 6 heteroatoms. The van der Waals surface area contributed by atoms with Crippen LogP contribution in [0, 0.1) is 5.41 Å². The van der Waals surface area contributed by atoms with Gasteiger partial charge in [-0.15, -0.1) is 0 Å². The monoisotopic (exact) mass is 295 g/mol. The van der Waals surface area contributed by atoms with Crippen LogP contribution in [0.1, 0.15) is 59.3 Å². The van der Waals surface area contributed by atoms with Crippen LogP contribution in [0.2, 0.25) is 0 Å². The van der Waals surface area contributed by atoms with E-state index in [-0.39, 0.29) is 11.4 Å². The van der Waals surface area contributed by atoms with Gasteiger partial charge in [-0.3, -0.25) is 4.79 Å². The van der Waals surface area contributed by atoms with E-state index in [4.69, 9.17) is 9.26 Å². The van der Waals surface area contributed by atoms with Gasteiger partial charge in [0.1, 0.15) is 0 Å². The zero-order valence-electron chi connectivity index (χ0n) is 13.4. The second kappa shape index (κ2) is 6.03. The van der Waals surface area contributed by atoms with E-state index in [0.717, 1.165) is 25.7 Å². The quantitative estimate of drug-likeness (QED) is 0.842. The number of anilines is 1. The van der Waals surface area contributed by atoms with Crippen LogP contribution in [0.25, 0.3) is 0 Å². The molecule has 1 heterocycles. The fourth-order valence-electron chi connectivity index (χ4n) is 2.64. The molecule has 1 fully saturated rings. The molecule has 0 amide bonds. The number of carbonyl (C=O) groups excluding carboxylic acids is 1. The summed E-state index contributed by atoms with van der Waals surface area (Å²) >= 11 is 0. The Morgan fingerprint density at radius 2 is 2.05 bits per heavy atom. The third-order valence-corrected chi connectivity index (χ3v) is 3.92. The molecule has 0 spiro atoms. The van der Waals surface area contributed by atoms with Gasteiger partial charge in [0.05, 0.1) is 12.0 Å². The predicted molar refractivity (Wildman–Crippen MR) is 79.0 cm³/mol. The van der Waals surface area contributed by atoms with Gasteiger partial charge in [-0.25, -0.2) is 0 Å². The van der Waals surface area contributed by atoms with Gasteiger partial charge in [0, 0.05) is 12.0 Å². The number of carbonyl (C=O) groups is 1. The molecular weight excluding hydrogens is 270 g/mol. The minimum Gasteiger partial charge on any atom is -0.466 e. The average molecular weight is 295 g/mol. The summed E-state index contributed by atoms with van der Waals surface area (Å²) in [6, 6.07) is 0. The van der Waals surface area contributed by atoms with E-state index in [1.165, 1.54) is 0 Å². The molecule has 0 unspecified atom stereocenters. The SMILES string of the molecule is CCOC(=O)C1(CNc2noc(C(C)(C)C)n2)CCCC1. The molecule has 0 radical (unpaired) electrons. The van der Waals surface area contributed by atoms with E-state index in [1.807, 2.05) is 27.7 Å². The standard InChI is InChI=1S/C15H25N3O3/c1-5-20-12(19)15(8-6-7-9-15)10-16-13-17-11(21-18-13)14(2,3)4/h5-10H2,1-4H3,(H,16,18). The lowest BCUT2D eigenvalue weighted by molar-refractivity contribution is -0.154. The summed E-state index contributed by atoms with van der Waals surface area (Å²) in [5, 5.41) is 7.07. The topological polar surface area (TPSA) is 77.2 Å². The minimum atomic E-state index is -0.446. The highest BCUT2D eigenvalue weighted by Crippen LogP contribution is 2.39. The van der Waals surface area contributed by atoms with Crippen LogP contribution >= 0.6 is 0 Å². The van der Waals surface area contributed by atoms with Crippen molar-refractivity contribution in [1.29, 1.82) is 0 Å². The highest BCUT2D eigenvalue weighted by Gasteiger charge is 2.42. The smallest absolute Gasteiger partial charge is 0.313 e. The number of nitrogens with zero attached hydrogens (tertiary/aromatic N) is 2. The Hall–Kier alpha value is -1.59. The molecule has 118 valence electrons. The van der Waals surface area contributed by atoms with Gasteiger partial charge in [-0.05, 0) is 24.9 Å². The van der Waals surface area contributed by atoms with Crippen molar-refractivity contribution in [2.75, 3.05) is 18.5 Å². The summed E-state index contributed by atoms with van der Waals surface area (Å²) in [6.07, 6.45) is 3.81. The Bertz CT molecular complexity index is 485. The van der Waals surface area contributed by atoms with Crippen molar-refractivity contribution in [1.82, 2.24) is 10.1 Å². The van der Waals surface area contributed by atoms with Crippen LogP contribution in [0.5, 0.6) is 0 Å². The fraction of sp³-hybridized carbons (Fsp3) is 0.800. The second-order valence-corrected chi connectivity index (χ2v) is 6.73. The summed E-state index contributed by atoms with van der Waals surface area (Å²) in [7, 11) is 0. The van der Waals surface area contributed by atoms with Gasteiger partial charge < -0.3 is 14.6 Å². The molecule has 6 nitrogen and oxygen atoms in total. The Labute approximate surface area is 125 Å². The summed E-state index contributed by atoms with van der Waals surface area (Å²) in [4.78, 5) is 16.6. The first kappa shape index (κ1) is 15.8. The summed E-state index contributed by atoms with van der Waals surface area (Å²) in [5.41, 5.74) is -0.627. The molecule has 1 aromatic heterocycles. The van der Waals surface area contributed by atoms with Gasteiger partial charge in [-0.1, -0.05) is 33.6 Å². The van der Waals surface area contributed by atoms with Crippen molar-refractivity contribution in [3.05, 3.63) is 5.89 Å². The van der Waals surface area contributed by atoms with Crippen LogP contribution in [-0.2, 0) is 14.9 Å². The predicted octanol–water partition coefficient (Wildman–Crippen LogP) is 2.90. The van der Waals surface area contributed by atoms with Crippen LogP contribution in [0.15, 0.2) is 4.52 Å². The van der Waals surface area contributed by atoms with Gasteiger partial charge in [0.2, 0.25) is 5.89 Å². The summed E-state index contributed by atoms with van der Waals surface area (Å²) in [5.74, 6) is 0.909. The molecule has 1 aliphatic carbocycles. The maximum absolute atomic E-state index is 12.2.